The van der Waals surface area contributed by atoms with Gasteiger partial charge >= 0.3 is 0 Å². The molecule has 0 aliphatic carbocycles. The van der Waals surface area contributed by atoms with Crippen molar-refractivity contribution in [3.8, 4) is 0 Å². The molecule has 0 bridgehead atoms. The van der Waals surface area contributed by atoms with Gasteiger partial charge in [-0.1, -0.05) is 36.4 Å². The minimum absolute atomic E-state index is 0.118. The Morgan fingerprint density at radius 1 is 1.00 bits per heavy atom. The van der Waals surface area contributed by atoms with Crippen LogP contribution in [0.25, 0.3) is 11.1 Å². The topological polar surface area (TPSA) is 55.1 Å². The first-order valence-electron chi connectivity index (χ1n) is 8.49. The maximum Gasteiger partial charge on any atom is 0.255 e. The Morgan fingerprint density at radius 2 is 1.77 bits per heavy atom. The van der Waals surface area contributed by atoms with Crippen LogP contribution < -0.4 is 5.32 Å². The van der Waals surface area contributed by atoms with Crippen LogP contribution >= 0.6 is 0 Å². The molecule has 0 saturated heterocycles. The normalized spacial score (nSPS) is 10.8. The van der Waals surface area contributed by atoms with Gasteiger partial charge in [0.1, 0.15) is 5.52 Å². The van der Waals surface area contributed by atoms with E-state index in [0.29, 0.717) is 17.9 Å². The van der Waals surface area contributed by atoms with E-state index in [-0.39, 0.29) is 5.91 Å². The van der Waals surface area contributed by atoms with Gasteiger partial charge in [-0.25, -0.2) is 4.98 Å². The van der Waals surface area contributed by atoms with Crippen molar-refractivity contribution in [1.29, 1.82) is 0 Å². The number of hydrogen-bond donors (Lipinski definition) is 1. The number of oxazole rings is 1. The van der Waals surface area contributed by atoms with Crippen LogP contribution in [0, 0.1) is 6.92 Å². The summed E-state index contributed by atoms with van der Waals surface area (Å²) >= 11 is 0. The molecule has 1 heterocycles. The third-order valence-electron chi connectivity index (χ3n) is 4.19. The Hall–Kier alpha value is -3.40. The molecule has 0 aliphatic rings. The molecular formula is C22H18N2O2. The number of benzene rings is 3. The molecule has 3 aromatic carbocycles. The van der Waals surface area contributed by atoms with Crippen molar-refractivity contribution in [2.45, 2.75) is 13.3 Å². The van der Waals surface area contributed by atoms with Crippen LogP contribution in [-0.2, 0) is 6.42 Å². The highest BCUT2D eigenvalue weighted by atomic mass is 16.3. The number of rotatable bonds is 4. The van der Waals surface area contributed by atoms with E-state index in [2.05, 4.69) is 10.3 Å². The van der Waals surface area contributed by atoms with Crippen LogP contribution in [0.1, 0.15) is 27.4 Å². The Kier molecular flexibility index (Phi) is 4.23. The summed E-state index contributed by atoms with van der Waals surface area (Å²) < 4.78 is 5.80. The average molecular weight is 342 g/mol. The number of amides is 1. The molecule has 1 aromatic heterocycles. The number of fused-ring (bicyclic) bond motifs is 1. The lowest BCUT2D eigenvalue weighted by atomic mass is 10.1. The van der Waals surface area contributed by atoms with Gasteiger partial charge in [0.2, 0.25) is 0 Å². The zero-order valence-corrected chi connectivity index (χ0v) is 14.4. The smallest absolute Gasteiger partial charge is 0.255 e. The molecule has 0 unspecified atom stereocenters. The maximum absolute atomic E-state index is 12.2. The number of hydrogen-bond acceptors (Lipinski definition) is 3. The minimum atomic E-state index is -0.118. The van der Waals surface area contributed by atoms with Gasteiger partial charge in [0.05, 0.1) is 0 Å². The van der Waals surface area contributed by atoms with E-state index in [1.807, 2.05) is 67.6 Å². The van der Waals surface area contributed by atoms with Crippen molar-refractivity contribution in [3.05, 3.63) is 95.4 Å². The molecule has 1 amide bonds. The van der Waals surface area contributed by atoms with E-state index >= 15 is 0 Å². The number of carbonyl (C=O) groups excluding carboxylic acids is 1. The zero-order valence-electron chi connectivity index (χ0n) is 14.4. The maximum atomic E-state index is 12.2. The standard InChI is InChI=1S/C22H18N2O2/c1-15-7-12-20-19(13-15)24-21(26-20)14-16-8-10-18(11-9-16)23-22(25)17-5-3-2-4-6-17/h2-13H,14H2,1H3,(H,23,25). The number of anilines is 1. The van der Waals surface area contributed by atoms with Crippen LogP contribution in [0.4, 0.5) is 5.69 Å². The van der Waals surface area contributed by atoms with E-state index in [1.54, 1.807) is 12.1 Å². The highest BCUT2D eigenvalue weighted by molar-refractivity contribution is 6.04. The third-order valence-corrected chi connectivity index (χ3v) is 4.19. The summed E-state index contributed by atoms with van der Waals surface area (Å²) in [6.45, 7) is 2.04. The van der Waals surface area contributed by atoms with Gasteiger partial charge in [-0.2, -0.15) is 0 Å². The Morgan fingerprint density at radius 3 is 2.54 bits per heavy atom. The van der Waals surface area contributed by atoms with Gasteiger partial charge in [-0.3, -0.25) is 4.79 Å². The number of aromatic nitrogens is 1. The number of carbonyl (C=O) groups is 1. The highest BCUT2D eigenvalue weighted by Crippen LogP contribution is 2.20. The first-order chi connectivity index (χ1) is 12.7. The lowest BCUT2D eigenvalue weighted by molar-refractivity contribution is 0.102. The second kappa shape index (κ2) is 6.84. The van der Waals surface area contributed by atoms with E-state index < -0.39 is 0 Å². The molecule has 4 rings (SSSR count). The molecule has 26 heavy (non-hydrogen) atoms. The molecule has 4 nitrogen and oxygen atoms in total. The summed E-state index contributed by atoms with van der Waals surface area (Å²) in [7, 11) is 0. The molecule has 0 fully saturated rings. The Labute approximate surface area is 151 Å². The molecule has 1 N–H and O–H groups in total. The molecule has 4 heteroatoms. The Balaban J connectivity index is 1.46. The molecule has 0 aliphatic heterocycles. The van der Waals surface area contributed by atoms with E-state index in [4.69, 9.17) is 4.42 Å². The van der Waals surface area contributed by atoms with Crippen molar-refractivity contribution in [1.82, 2.24) is 4.98 Å². The SMILES string of the molecule is Cc1ccc2oc(Cc3ccc(NC(=O)c4ccccc4)cc3)nc2c1. The minimum Gasteiger partial charge on any atom is -0.440 e. The van der Waals surface area contributed by atoms with Crippen molar-refractivity contribution < 1.29 is 9.21 Å². The third kappa shape index (κ3) is 3.49. The molecule has 128 valence electrons. The largest absolute Gasteiger partial charge is 0.440 e. The molecule has 0 spiro atoms. The van der Waals surface area contributed by atoms with Gasteiger partial charge in [-0.05, 0) is 54.4 Å². The predicted octanol–water partition coefficient (Wildman–Crippen LogP) is 4.98. The molecular weight excluding hydrogens is 324 g/mol. The molecule has 0 atom stereocenters. The second-order valence-electron chi connectivity index (χ2n) is 6.27. The van der Waals surface area contributed by atoms with Crippen LogP contribution in [0.3, 0.4) is 0 Å². The van der Waals surface area contributed by atoms with Crippen molar-refractivity contribution >= 4 is 22.7 Å². The first-order valence-corrected chi connectivity index (χ1v) is 8.49. The zero-order chi connectivity index (χ0) is 17.9. The fraction of sp³-hybridized carbons (Fsp3) is 0.0909. The van der Waals surface area contributed by atoms with Crippen LogP contribution in [0.15, 0.2) is 77.2 Å². The van der Waals surface area contributed by atoms with Crippen molar-refractivity contribution in [2.75, 3.05) is 5.32 Å². The van der Waals surface area contributed by atoms with Gasteiger partial charge in [0, 0.05) is 17.7 Å². The number of nitrogens with one attached hydrogen (secondary N) is 1. The predicted molar refractivity (Wildman–Crippen MR) is 102 cm³/mol. The van der Waals surface area contributed by atoms with Gasteiger partial charge in [0.15, 0.2) is 11.5 Å². The lowest BCUT2D eigenvalue weighted by Crippen LogP contribution is -2.11. The summed E-state index contributed by atoms with van der Waals surface area (Å²) in [6, 6.07) is 22.9. The quantitative estimate of drug-likeness (QED) is 0.569. The van der Waals surface area contributed by atoms with E-state index in [9.17, 15) is 4.79 Å². The summed E-state index contributed by atoms with van der Waals surface area (Å²) in [5.74, 6) is 0.569. The van der Waals surface area contributed by atoms with Gasteiger partial charge < -0.3 is 9.73 Å². The fourth-order valence-corrected chi connectivity index (χ4v) is 2.83. The van der Waals surface area contributed by atoms with Gasteiger partial charge in [-0.15, -0.1) is 0 Å². The van der Waals surface area contributed by atoms with Crippen molar-refractivity contribution in [3.63, 3.8) is 0 Å². The highest BCUT2D eigenvalue weighted by Gasteiger charge is 2.08. The lowest BCUT2D eigenvalue weighted by Gasteiger charge is -2.06. The number of nitrogens with zero attached hydrogens (tertiary/aromatic N) is 1. The fourth-order valence-electron chi connectivity index (χ4n) is 2.83. The van der Waals surface area contributed by atoms with Crippen LogP contribution in [0.5, 0.6) is 0 Å². The van der Waals surface area contributed by atoms with Crippen LogP contribution in [0.2, 0.25) is 0 Å². The summed E-state index contributed by atoms with van der Waals surface area (Å²) in [5.41, 5.74) is 5.32. The summed E-state index contributed by atoms with van der Waals surface area (Å²) in [4.78, 5) is 16.7. The van der Waals surface area contributed by atoms with Gasteiger partial charge in [0.25, 0.3) is 5.91 Å². The van der Waals surface area contributed by atoms with Crippen LogP contribution in [-0.4, -0.2) is 10.9 Å². The van der Waals surface area contributed by atoms with E-state index in [1.165, 1.54) is 0 Å². The summed E-state index contributed by atoms with van der Waals surface area (Å²) in [5, 5.41) is 2.90. The molecule has 0 radical (unpaired) electrons. The number of aryl methyl sites for hydroxylation is 1. The van der Waals surface area contributed by atoms with Crippen molar-refractivity contribution in [2.24, 2.45) is 0 Å². The monoisotopic (exact) mass is 342 g/mol. The molecule has 4 aromatic rings. The first kappa shape index (κ1) is 16.1. The molecule has 0 saturated carbocycles. The second-order valence-corrected chi connectivity index (χ2v) is 6.27. The Bertz CT molecular complexity index is 1050. The summed E-state index contributed by atoms with van der Waals surface area (Å²) in [6.07, 6.45) is 0.612. The average Bonchev–Trinajstić information content (AvgIpc) is 3.05. The van der Waals surface area contributed by atoms with E-state index in [0.717, 1.165) is 27.9 Å².